The highest BCUT2D eigenvalue weighted by molar-refractivity contribution is 6.00. The molecule has 5 rings (SSSR count). The normalized spacial score (nSPS) is 14.1. The Balaban J connectivity index is 1.25. The minimum atomic E-state index is -0.792. The Morgan fingerprint density at radius 2 is 1.69 bits per heavy atom. The van der Waals surface area contributed by atoms with E-state index in [9.17, 15) is 9.18 Å². The fourth-order valence-corrected chi connectivity index (χ4v) is 5.39. The Kier molecular flexibility index (Phi) is 10.7. The van der Waals surface area contributed by atoms with Gasteiger partial charge in [0.2, 0.25) is 0 Å². The van der Waals surface area contributed by atoms with Gasteiger partial charge in [-0.15, -0.1) is 0 Å². The Morgan fingerprint density at radius 3 is 2.35 bits per heavy atom. The zero-order valence-corrected chi connectivity index (χ0v) is 27.8. The maximum Gasteiger partial charge on any atom is 0.356 e. The van der Waals surface area contributed by atoms with Gasteiger partial charge in [-0.3, -0.25) is 15.2 Å². The third-order valence-corrected chi connectivity index (χ3v) is 8.11. The van der Waals surface area contributed by atoms with E-state index >= 15 is 0 Å². The lowest BCUT2D eigenvalue weighted by atomic mass is 9.82. The first-order valence-electron chi connectivity index (χ1n) is 16.0. The number of aromatic nitrogens is 1. The van der Waals surface area contributed by atoms with Crippen molar-refractivity contribution in [2.24, 2.45) is 10.4 Å². The average molecular weight is 650 g/mol. The molecule has 0 saturated heterocycles. The predicted molar refractivity (Wildman–Crippen MR) is 189 cm³/mol. The molecule has 1 heterocycles. The van der Waals surface area contributed by atoms with Crippen molar-refractivity contribution in [1.29, 1.82) is 5.41 Å². The number of amidine groups is 1. The molecule has 248 valence electrons. The van der Waals surface area contributed by atoms with Crippen LogP contribution in [0.25, 0.3) is 10.8 Å². The van der Waals surface area contributed by atoms with Crippen molar-refractivity contribution in [3.8, 4) is 11.5 Å². The number of allylic oxidation sites excluding steroid dienone is 4. The van der Waals surface area contributed by atoms with Crippen LogP contribution in [0, 0.1) is 16.6 Å². The second kappa shape index (κ2) is 15.1. The largest absolute Gasteiger partial charge is 0.580 e. The molecule has 0 saturated carbocycles. The molecule has 1 amide bonds. The summed E-state index contributed by atoms with van der Waals surface area (Å²) in [6, 6.07) is 20.4. The first-order valence-corrected chi connectivity index (χ1v) is 16.0. The van der Waals surface area contributed by atoms with Gasteiger partial charge in [0.15, 0.2) is 6.04 Å². The van der Waals surface area contributed by atoms with Crippen molar-refractivity contribution < 1.29 is 23.8 Å². The number of carbonyl (C=O) groups excluding carboxylic acids is 1. The van der Waals surface area contributed by atoms with Gasteiger partial charge in [0.1, 0.15) is 34.6 Å². The van der Waals surface area contributed by atoms with Crippen molar-refractivity contribution >= 4 is 28.4 Å². The second-order valence-corrected chi connectivity index (χ2v) is 12.9. The molecule has 0 bridgehead atoms. The summed E-state index contributed by atoms with van der Waals surface area (Å²) in [5.41, 5.74) is 3.56. The van der Waals surface area contributed by atoms with Gasteiger partial charge in [-0.25, -0.2) is 4.39 Å². The number of hydrogen-bond acceptors (Lipinski definition) is 5. The Bertz CT molecular complexity index is 1870. The lowest BCUT2D eigenvalue weighted by Gasteiger charge is -2.26. The molecule has 1 aliphatic carbocycles. The third kappa shape index (κ3) is 9.37. The van der Waals surface area contributed by atoms with Crippen molar-refractivity contribution in [3.05, 3.63) is 125 Å². The number of fused-ring (bicyclic) bond motifs is 1. The number of ether oxygens (including phenoxy) is 2. The van der Waals surface area contributed by atoms with Crippen LogP contribution in [0.4, 0.5) is 4.39 Å². The molecule has 8 nitrogen and oxygen atoms in total. The van der Waals surface area contributed by atoms with E-state index in [2.05, 4.69) is 42.1 Å². The van der Waals surface area contributed by atoms with Crippen LogP contribution >= 0.6 is 0 Å². The summed E-state index contributed by atoms with van der Waals surface area (Å²) in [7, 11) is 0. The van der Waals surface area contributed by atoms with E-state index in [1.165, 1.54) is 24.6 Å². The maximum atomic E-state index is 13.4. The van der Waals surface area contributed by atoms with Crippen LogP contribution < -0.4 is 14.8 Å². The Labute approximate surface area is 280 Å². The molecule has 1 aliphatic rings. The number of halogens is 1. The number of benzene rings is 3. The van der Waals surface area contributed by atoms with Crippen LogP contribution in [-0.2, 0) is 12.8 Å². The molecule has 0 radical (unpaired) electrons. The summed E-state index contributed by atoms with van der Waals surface area (Å²) in [6.45, 7) is 8.57. The quantitative estimate of drug-likeness (QED) is 0.0994. The molecule has 4 N–H and O–H groups in total. The van der Waals surface area contributed by atoms with Gasteiger partial charge >= 0.3 is 5.90 Å². The molecular formula is C39H42FN4O4+. The highest BCUT2D eigenvalue weighted by Gasteiger charge is 2.25. The highest BCUT2D eigenvalue weighted by atomic mass is 19.1. The number of nitrogens with zero attached hydrogens (tertiary/aromatic N) is 2. The summed E-state index contributed by atoms with van der Waals surface area (Å²) >= 11 is 0. The van der Waals surface area contributed by atoms with Crippen LogP contribution in [0.1, 0.15) is 62.2 Å². The van der Waals surface area contributed by atoms with Crippen LogP contribution in [0.5, 0.6) is 11.5 Å². The van der Waals surface area contributed by atoms with Gasteiger partial charge in [-0.2, -0.15) is 4.99 Å². The lowest BCUT2D eigenvalue weighted by molar-refractivity contribution is 0.0939. The number of amides is 1. The lowest BCUT2D eigenvalue weighted by Crippen LogP contribution is -2.43. The number of rotatable bonds is 11. The van der Waals surface area contributed by atoms with Crippen LogP contribution in [0.2, 0.25) is 0 Å². The van der Waals surface area contributed by atoms with Crippen LogP contribution in [0.15, 0.2) is 107 Å². The summed E-state index contributed by atoms with van der Waals surface area (Å²) in [6.07, 6.45) is 8.53. The molecule has 1 aromatic heterocycles. The smallest absolute Gasteiger partial charge is 0.356 e. The molecule has 0 spiro atoms. The fourth-order valence-electron chi connectivity index (χ4n) is 5.39. The number of aliphatic imine (C=N–C) groups is 1. The van der Waals surface area contributed by atoms with Crippen LogP contribution in [-0.4, -0.2) is 40.4 Å². The molecule has 3 aromatic carbocycles. The van der Waals surface area contributed by atoms with E-state index in [1.807, 2.05) is 48.5 Å². The van der Waals surface area contributed by atoms with Gasteiger partial charge in [0.05, 0.1) is 6.61 Å². The van der Waals surface area contributed by atoms with Crippen molar-refractivity contribution in [3.63, 3.8) is 0 Å². The first-order chi connectivity index (χ1) is 22.9. The second-order valence-electron chi connectivity index (χ2n) is 12.9. The van der Waals surface area contributed by atoms with E-state index in [0.717, 1.165) is 40.5 Å². The van der Waals surface area contributed by atoms with E-state index in [0.29, 0.717) is 24.5 Å². The van der Waals surface area contributed by atoms with Gasteiger partial charge < -0.3 is 19.9 Å². The number of pyridine rings is 1. The zero-order chi connectivity index (χ0) is 34.3. The molecule has 4 aromatic rings. The van der Waals surface area contributed by atoms with Crippen molar-refractivity contribution in [1.82, 2.24) is 10.3 Å². The highest BCUT2D eigenvalue weighted by Crippen LogP contribution is 2.34. The third-order valence-electron chi connectivity index (χ3n) is 8.11. The maximum absolute atomic E-state index is 13.4. The van der Waals surface area contributed by atoms with E-state index < -0.39 is 11.9 Å². The van der Waals surface area contributed by atoms with Gasteiger partial charge in [-0.05, 0) is 89.9 Å². The number of nitrogens with one attached hydrogen (secondary N) is 2. The molecular weight excluding hydrogens is 607 g/mol. The SMILES string of the molecule is CC(=N)N=C([OH2+])[C@H](Cc1ccc(OCCc2ccc(F)cc2)cc1)NC(=O)c1cc2cc(OC3=CC=C(C(C)(C)C)CC3)ccc2cn1. The van der Waals surface area contributed by atoms with Crippen molar-refractivity contribution in [2.75, 3.05) is 6.61 Å². The Morgan fingerprint density at radius 1 is 0.979 bits per heavy atom. The number of carbonyl (C=O) groups is 1. The topological polar surface area (TPSA) is 120 Å². The zero-order valence-electron chi connectivity index (χ0n) is 27.8. The molecule has 1 atom stereocenters. The predicted octanol–water partition coefficient (Wildman–Crippen LogP) is 7.49. The number of hydrogen-bond donors (Lipinski definition) is 2. The van der Waals surface area contributed by atoms with Crippen LogP contribution in [0.3, 0.4) is 0 Å². The van der Waals surface area contributed by atoms with Crippen molar-refractivity contribution in [2.45, 2.75) is 59.4 Å². The van der Waals surface area contributed by atoms with E-state index in [1.54, 1.807) is 24.4 Å². The summed E-state index contributed by atoms with van der Waals surface area (Å²) in [5, 5.41) is 20.9. The Hall–Kier alpha value is -5.31. The summed E-state index contributed by atoms with van der Waals surface area (Å²) < 4.78 is 25.2. The molecule has 0 aliphatic heterocycles. The molecule has 48 heavy (non-hydrogen) atoms. The fraction of sp³-hybridized carbons (Fsp3) is 0.282. The minimum absolute atomic E-state index is 0.0290. The average Bonchev–Trinajstić information content (AvgIpc) is 3.05. The summed E-state index contributed by atoms with van der Waals surface area (Å²) in [5.74, 6) is 1.37. The minimum Gasteiger partial charge on any atom is -0.580 e. The molecule has 0 unspecified atom stereocenters. The monoisotopic (exact) mass is 649 g/mol. The standard InChI is InChI=1S/C39H41FN4O4/c1-25(41)43-38(46)36(21-27-7-14-32(15-8-27)47-20-19-26-5-12-31(40)13-6-26)44-37(45)35-23-29-22-34(16-9-28(29)24-42-35)48-33-17-10-30(11-18-33)39(2,3)4/h5-10,12-17,22-24,36H,11,18-21H2,1-4H3,(H,44,45)(H2,41,43,46)/p+1/t36-/m0/s1. The first kappa shape index (κ1) is 34.0. The van der Waals surface area contributed by atoms with E-state index in [4.69, 9.17) is 20.0 Å². The molecule has 9 heteroatoms. The van der Waals surface area contributed by atoms with Gasteiger partial charge in [-0.1, -0.05) is 56.7 Å². The van der Waals surface area contributed by atoms with Gasteiger partial charge in [0.25, 0.3) is 5.91 Å². The van der Waals surface area contributed by atoms with Gasteiger partial charge in [0, 0.05) is 30.8 Å². The van der Waals surface area contributed by atoms with E-state index in [-0.39, 0.29) is 35.1 Å². The summed E-state index contributed by atoms with van der Waals surface area (Å²) in [4.78, 5) is 21.8. The molecule has 0 fully saturated rings.